The summed E-state index contributed by atoms with van der Waals surface area (Å²) in [5.74, 6) is 0. The highest BCUT2D eigenvalue weighted by molar-refractivity contribution is 6.42. The molecule has 0 unspecified atom stereocenters. The molecule has 0 atom stereocenters. The number of benzene rings is 3. The Bertz CT molecular complexity index is 969. The Labute approximate surface area is 194 Å². The van der Waals surface area contributed by atoms with E-state index in [9.17, 15) is 0 Å². The summed E-state index contributed by atoms with van der Waals surface area (Å²) in [4.78, 5) is 10.6. The van der Waals surface area contributed by atoms with E-state index in [2.05, 4.69) is 10.3 Å². The molecule has 4 nitrogen and oxygen atoms in total. The second-order valence-corrected chi connectivity index (χ2v) is 7.81. The monoisotopic (exact) mass is 480 g/mol. The normalized spacial score (nSPS) is 11.3. The average molecular weight is 482 g/mol. The molecular formula is C22H16Cl4N2O2. The van der Waals surface area contributed by atoms with Crippen molar-refractivity contribution in [3.8, 4) is 0 Å². The van der Waals surface area contributed by atoms with Gasteiger partial charge in [-0.3, -0.25) is 0 Å². The van der Waals surface area contributed by atoms with Crippen LogP contribution in [0.15, 0.2) is 71.0 Å². The van der Waals surface area contributed by atoms with Crippen molar-refractivity contribution in [2.45, 2.75) is 13.2 Å². The summed E-state index contributed by atoms with van der Waals surface area (Å²) in [5, 5.41) is 9.83. The van der Waals surface area contributed by atoms with Gasteiger partial charge in [-0.1, -0.05) is 93.1 Å². The highest BCUT2D eigenvalue weighted by atomic mass is 35.5. The van der Waals surface area contributed by atoms with Crippen LogP contribution >= 0.6 is 46.4 Å². The topological polar surface area (TPSA) is 43.2 Å². The number of nitrogens with zero attached hydrogens (tertiary/aromatic N) is 2. The Morgan fingerprint density at radius 2 is 0.967 bits per heavy atom. The minimum Gasteiger partial charge on any atom is -0.391 e. The SMILES string of the molecule is Clc1ccc(/C=N/OCc2ccc(CO/N=C/c3ccc(Cl)c(Cl)c3)cc2)cc1Cl. The highest BCUT2D eigenvalue weighted by Gasteiger charge is 1.99. The largest absolute Gasteiger partial charge is 0.391 e. The zero-order valence-corrected chi connectivity index (χ0v) is 18.6. The molecule has 8 heteroatoms. The maximum Gasteiger partial charge on any atom is 0.142 e. The van der Waals surface area contributed by atoms with E-state index in [4.69, 9.17) is 56.1 Å². The molecule has 0 spiro atoms. The van der Waals surface area contributed by atoms with Gasteiger partial charge in [-0.25, -0.2) is 0 Å². The van der Waals surface area contributed by atoms with Crippen molar-refractivity contribution < 1.29 is 9.68 Å². The van der Waals surface area contributed by atoms with Gasteiger partial charge in [-0.15, -0.1) is 0 Å². The highest BCUT2D eigenvalue weighted by Crippen LogP contribution is 2.22. The Kier molecular flexibility index (Phi) is 8.40. The molecule has 3 aromatic carbocycles. The van der Waals surface area contributed by atoms with Gasteiger partial charge in [-0.05, 0) is 46.5 Å². The van der Waals surface area contributed by atoms with Crippen LogP contribution < -0.4 is 0 Å². The van der Waals surface area contributed by atoms with Crippen LogP contribution in [0.2, 0.25) is 20.1 Å². The molecular weight excluding hydrogens is 466 g/mol. The molecule has 0 saturated carbocycles. The molecule has 0 fully saturated rings. The van der Waals surface area contributed by atoms with Crippen LogP contribution in [0.3, 0.4) is 0 Å². The van der Waals surface area contributed by atoms with Crippen LogP contribution in [-0.4, -0.2) is 12.4 Å². The van der Waals surface area contributed by atoms with Crippen LogP contribution in [0.1, 0.15) is 22.3 Å². The van der Waals surface area contributed by atoms with Gasteiger partial charge < -0.3 is 9.68 Å². The minimum absolute atomic E-state index is 0.342. The zero-order valence-electron chi connectivity index (χ0n) is 15.6. The fraction of sp³-hybridized carbons (Fsp3) is 0.0909. The van der Waals surface area contributed by atoms with Gasteiger partial charge in [0.25, 0.3) is 0 Å². The predicted octanol–water partition coefficient (Wildman–Crippen LogP) is 7.40. The second kappa shape index (κ2) is 11.2. The number of rotatable bonds is 8. The lowest BCUT2D eigenvalue weighted by Crippen LogP contribution is -1.92. The van der Waals surface area contributed by atoms with Crippen molar-refractivity contribution >= 4 is 58.8 Å². The molecule has 30 heavy (non-hydrogen) atoms. The third-order valence-electron chi connectivity index (χ3n) is 3.93. The van der Waals surface area contributed by atoms with E-state index in [0.717, 1.165) is 22.3 Å². The van der Waals surface area contributed by atoms with E-state index in [1.165, 1.54) is 0 Å². The molecule has 0 aliphatic carbocycles. The number of oxime groups is 2. The fourth-order valence-corrected chi connectivity index (χ4v) is 2.95. The summed E-state index contributed by atoms with van der Waals surface area (Å²) < 4.78 is 0. The smallest absolute Gasteiger partial charge is 0.142 e. The van der Waals surface area contributed by atoms with Crippen LogP contribution in [0.4, 0.5) is 0 Å². The molecule has 0 saturated heterocycles. The van der Waals surface area contributed by atoms with Gasteiger partial charge in [0.1, 0.15) is 13.2 Å². The van der Waals surface area contributed by atoms with E-state index in [-0.39, 0.29) is 0 Å². The van der Waals surface area contributed by atoms with Crippen molar-refractivity contribution in [2.75, 3.05) is 0 Å². The predicted molar refractivity (Wildman–Crippen MR) is 124 cm³/mol. The van der Waals surface area contributed by atoms with Gasteiger partial charge in [0.15, 0.2) is 0 Å². The maximum atomic E-state index is 5.96. The fourth-order valence-electron chi connectivity index (χ4n) is 2.34. The molecule has 0 aliphatic heterocycles. The number of hydrogen-bond donors (Lipinski definition) is 0. The number of hydrogen-bond acceptors (Lipinski definition) is 4. The lowest BCUT2D eigenvalue weighted by atomic mass is 10.1. The first kappa shape index (κ1) is 22.4. The van der Waals surface area contributed by atoms with Crippen molar-refractivity contribution in [2.24, 2.45) is 10.3 Å². The summed E-state index contributed by atoms with van der Waals surface area (Å²) in [6.45, 7) is 0.683. The van der Waals surface area contributed by atoms with Gasteiger partial charge >= 0.3 is 0 Å². The van der Waals surface area contributed by atoms with Gasteiger partial charge in [0.05, 0.1) is 32.5 Å². The first-order chi connectivity index (χ1) is 14.5. The zero-order chi connectivity index (χ0) is 21.3. The summed E-state index contributed by atoms with van der Waals surface area (Å²) in [5.41, 5.74) is 3.56. The van der Waals surface area contributed by atoms with E-state index in [0.29, 0.717) is 33.3 Å². The molecule has 3 rings (SSSR count). The van der Waals surface area contributed by atoms with E-state index >= 15 is 0 Å². The lowest BCUT2D eigenvalue weighted by molar-refractivity contribution is 0.130. The van der Waals surface area contributed by atoms with Gasteiger partial charge in [-0.2, -0.15) is 0 Å². The molecule has 0 bridgehead atoms. The lowest BCUT2D eigenvalue weighted by Gasteiger charge is -2.03. The third kappa shape index (κ3) is 6.92. The van der Waals surface area contributed by atoms with Crippen molar-refractivity contribution in [3.63, 3.8) is 0 Å². The van der Waals surface area contributed by atoms with E-state index < -0.39 is 0 Å². The molecule has 0 heterocycles. The Morgan fingerprint density at radius 3 is 1.33 bits per heavy atom. The Balaban J connectivity index is 1.43. The van der Waals surface area contributed by atoms with Crippen molar-refractivity contribution in [3.05, 3.63) is 103 Å². The summed E-state index contributed by atoms with van der Waals surface area (Å²) >= 11 is 23.7. The summed E-state index contributed by atoms with van der Waals surface area (Å²) in [7, 11) is 0. The quantitative estimate of drug-likeness (QED) is 0.248. The first-order valence-corrected chi connectivity index (χ1v) is 10.3. The maximum absolute atomic E-state index is 5.96. The summed E-state index contributed by atoms with van der Waals surface area (Å²) in [6.07, 6.45) is 3.16. The summed E-state index contributed by atoms with van der Waals surface area (Å²) in [6, 6.07) is 18.2. The molecule has 0 radical (unpaired) electrons. The standard InChI is InChI=1S/C22H16Cl4N2O2/c23-19-7-5-17(9-21(19)25)11-27-29-13-15-1-2-16(4-3-15)14-30-28-12-18-6-8-20(24)22(26)10-18/h1-12H,13-14H2/b27-11+,28-12+. The first-order valence-electron chi connectivity index (χ1n) is 8.80. The van der Waals surface area contributed by atoms with Gasteiger partial charge in [0, 0.05) is 0 Å². The Hall–Kier alpha value is -2.24. The van der Waals surface area contributed by atoms with Crippen molar-refractivity contribution in [1.82, 2.24) is 0 Å². The van der Waals surface area contributed by atoms with E-state index in [1.54, 1.807) is 48.8 Å². The second-order valence-electron chi connectivity index (χ2n) is 6.18. The minimum atomic E-state index is 0.342. The van der Waals surface area contributed by atoms with Crippen LogP contribution in [-0.2, 0) is 22.9 Å². The molecule has 0 N–H and O–H groups in total. The third-order valence-corrected chi connectivity index (χ3v) is 5.40. The average Bonchev–Trinajstić information content (AvgIpc) is 2.74. The molecule has 3 aromatic rings. The van der Waals surface area contributed by atoms with E-state index in [1.807, 2.05) is 24.3 Å². The van der Waals surface area contributed by atoms with Crippen molar-refractivity contribution in [1.29, 1.82) is 0 Å². The molecule has 154 valence electrons. The van der Waals surface area contributed by atoms with Crippen LogP contribution in [0, 0.1) is 0 Å². The number of halogens is 4. The Morgan fingerprint density at radius 1 is 0.567 bits per heavy atom. The molecule has 0 aliphatic rings. The van der Waals surface area contributed by atoms with Gasteiger partial charge in [0.2, 0.25) is 0 Å². The van der Waals surface area contributed by atoms with Crippen LogP contribution in [0.5, 0.6) is 0 Å². The van der Waals surface area contributed by atoms with Crippen LogP contribution in [0.25, 0.3) is 0 Å². The molecule has 0 amide bonds. The molecule has 0 aromatic heterocycles.